The third-order valence-corrected chi connectivity index (χ3v) is 8.89. The molecule has 166 valence electrons. The standard InChI is InChI=1S/C20H10I4O7S/c21-10-4-6-11(7-5-10)30-19(25)13-2-1-3-14(22)17(13)20(26)31-12-8-15(23)18(16(24)9-12)32(27,28)29/h1-9H,(H,27,28,29)/p-1. The van der Waals surface area contributed by atoms with Gasteiger partial charge in [-0.05, 0) is 139 Å². The molecule has 0 aromatic heterocycles. The Morgan fingerprint density at radius 3 is 1.88 bits per heavy atom. The minimum absolute atomic E-state index is 0.00847. The predicted molar refractivity (Wildman–Crippen MR) is 148 cm³/mol. The van der Waals surface area contributed by atoms with Gasteiger partial charge in [0.1, 0.15) is 21.6 Å². The molecule has 0 aliphatic rings. The number of carbonyl (C=O) groups is 2. The van der Waals surface area contributed by atoms with Crippen LogP contribution >= 0.6 is 90.4 Å². The largest absolute Gasteiger partial charge is 0.744 e. The van der Waals surface area contributed by atoms with Gasteiger partial charge in [-0.25, -0.2) is 18.0 Å². The van der Waals surface area contributed by atoms with Gasteiger partial charge in [-0.2, -0.15) is 0 Å². The van der Waals surface area contributed by atoms with E-state index in [1.165, 1.54) is 18.2 Å². The Balaban J connectivity index is 1.92. The quantitative estimate of drug-likeness (QED) is 0.145. The predicted octanol–water partition coefficient (Wildman–Crippen LogP) is 5.45. The summed E-state index contributed by atoms with van der Waals surface area (Å²) < 4.78 is 46.8. The topological polar surface area (TPSA) is 110 Å². The first kappa shape index (κ1) is 26.0. The van der Waals surface area contributed by atoms with Crippen molar-refractivity contribution in [1.29, 1.82) is 0 Å². The molecule has 0 saturated heterocycles. The molecular weight excluding hydrogens is 892 g/mol. The molecule has 0 bridgehead atoms. The van der Waals surface area contributed by atoms with Crippen LogP contribution in [0, 0.1) is 14.3 Å². The van der Waals surface area contributed by atoms with Crippen LogP contribution in [0.4, 0.5) is 0 Å². The van der Waals surface area contributed by atoms with E-state index in [0.717, 1.165) is 3.57 Å². The van der Waals surface area contributed by atoms with Crippen LogP contribution in [-0.4, -0.2) is 24.9 Å². The van der Waals surface area contributed by atoms with E-state index in [2.05, 4.69) is 22.6 Å². The summed E-state index contributed by atoms with van der Waals surface area (Å²) >= 11 is 7.41. The van der Waals surface area contributed by atoms with Crippen LogP contribution < -0.4 is 9.47 Å². The van der Waals surface area contributed by atoms with Gasteiger partial charge in [-0.1, -0.05) is 6.07 Å². The van der Waals surface area contributed by atoms with E-state index in [0.29, 0.717) is 9.32 Å². The average molecular weight is 901 g/mol. The van der Waals surface area contributed by atoms with Crippen LogP contribution in [0.15, 0.2) is 59.5 Å². The number of rotatable bonds is 5. The van der Waals surface area contributed by atoms with Crippen LogP contribution in [0.3, 0.4) is 0 Å². The Bertz CT molecular complexity index is 1300. The summed E-state index contributed by atoms with van der Waals surface area (Å²) in [4.78, 5) is 25.3. The summed E-state index contributed by atoms with van der Waals surface area (Å²) in [5.41, 5.74) is 0.0257. The molecule has 0 aliphatic heterocycles. The molecule has 0 aliphatic carbocycles. The summed E-state index contributed by atoms with van der Waals surface area (Å²) in [6, 6.07) is 14.1. The highest BCUT2D eigenvalue weighted by molar-refractivity contribution is 14.1. The molecule has 0 saturated carbocycles. The number of hydrogen-bond donors (Lipinski definition) is 0. The zero-order valence-corrected chi connectivity index (χ0v) is 24.9. The van der Waals surface area contributed by atoms with Gasteiger partial charge in [0.2, 0.25) is 0 Å². The van der Waals surface area contributed by atoms with E-state index in [1.807, 2.05) is 22.6 Å². The Morgan fingerprint density at radius 1 is 0.750 bits per heavy atom. The summed E-state index contributed by atoms with van der Waals surface area (Å²) in [7, 11) is -4.69. The number of carbonyl (C=O) groups excluding carboxylic acids is 2. The summed E-state index contributed by atoms with van der Waals surface area (Å²) in [5, 5.41) is 0. The van der Waals surface area contributed by atoms with Gasteiger partial charge in [0, 0.05) is 14.3 Å². The second-order valence-corrected chi connectivity index (χ2v) is 12.1. The number of benzene rings is 3. The highest BCUT2D eigenvalue weighted by Crippen LogP contribution is 2.30. The fourth-order valence-corrected chi connectivity index (χ4v) is 7.56. The van der Waals surface area contributed by atoms with Gasteiger partial charge in [0.15, 0.2) is 0 Å². The van der Waals surface area contributed by atoms with Crippen molar-refractivity contribution in [2.45, 2.75) is 4.90 Å². The Morgan fingerprint density at radius 2 is 1.31 bits per heavy atom. The van der Waals surface area contributed by atoms with E-state index in [4.69, 9.17) is 9.47 Å². The van der Waals surface area contributed by atoms with Crippen molar-refractivity contribution < 1.29 is 32.0 Å². The molecule has 0 fully saturated rings. The highest BCUT2D eigenvalue weighted by Gasteiger charge is 2.24. The van der Waals surface area contributed by atoms with Crippen molar-refractivity contribution in [2.75, 3.05) is 0 Å². The van der Waals surface area contributed by atoms with E-state index in [9.17, 15) is 22.6 Å². The van der Waals surface area contributed by atoms with Gasteiger partial charge in [0.25, 0.3) is 0 Å². The molecule has 3 rings (SSSR count). The zero-order valence-electron chi connectivity index (χ0n) is 15.5. The van der Waals surface area contributed by atoms with Crippen LogP contribution in [0.25, 0.3) is 0 Å². The number of hydrogen-bond acceptors (Lipinski definition) is 7. The Hall–Kier alpha value is -0.570. The van der Waals surface area contributed by atoms with E-state index >= 15 is 0 Å². The van der Waals surface area contributed by atoms with Gasteiger partial charge < -0.3 is 14.0 Å². The second-order valence-electron chi connectivity index (χ2n) is 6.07. The third-order valence-electron chi connectivity index (χ3n) is 3.89. The molecule has 12 heteroatoms. The summed E-state index contributed by atoms with van der Waals surface area (Å²) in [6.45, 7) is 0. The van der Waals surface area contributed by atoms with Crippen molar-refractivity contribution in [3.8, 4) is 11.5 Å². The Labute approximate surface area is 238 Å². The molecule has 32 heavy (non-hydrogen) atoms. The molecular formula is C20H9I4O7S-. The van der Waals surface area contributed by atoms with Crippen LogP contribution in [0.2, 0.25) is 0 Å². The van der Waals surface area contributed by atoms with Crippen LogP contribution in [0.1, 0.15) is 20.7 Å². The molecule has 0 amide bonds. The SMILES string of the molecule is O=C(Oc1ccc(I)cc1)c1cccc(I)c1C(=O)Oc1cc(I)c(S(=O)(=O)[O-])c(I)c1. The first-order chi connectivity index (χ1) is 15.0. The van der Waals surface area contributed by atoms with Crippen molar-refractivity contribution in [3.05, 3.63) is 80.0 Å². The normalized spacial score (nSPS) is 11.2. The van der Waals surface area contributed by atoms with E-state index in [1.54, 1.807) is 81.6 Å². The molecule has 0 unspecified atom stereocenters. The lowest BCUT2D eigenvalue weighted by Crippen LogP contribution is -2.19. The van der Waals surface area contributed by atoms with Crippen LogP contribution in [0.5, 0.6) is 11.5 Å². The fourth-order valence-electron chi connectivity index (χ4n) is 2.56. The first-order valence-corrected chi connectivity index (χ1v) is 14.1. The van der Waals surface area contributed by atoms with Crippen LogP contribution in [-0.2, 0) is 10.1 Å². The minimum Gasteiger partial charge on any atom is -0.744 e. The molecule has 0 heterocycles. The lowest BCUT2D eigenvalue weighted by Gasteiger charge is -2.14. The van der Waals surface area contributed by atoms with Gasteiger partial charge in [0.05, 0.1) is 16.0 Å². The maximum Gasteiger partial charge on any atom is 0.345 e. The molecule has 3 aromatic rings. The van der Waals surface area contributed by atoms with Crippen molar-refractivity contribution >= 4 is 112 Å². The lowest BCUT2D eigenvalue weighted by atomic mass is 10.1. The third kappa shape index (κ3) is 6.30. The molecule has 0 atom stereocenters. The second kappa shape index (κ2) is 10.8. The summed E-state index contributed by atoms with van der Waals surface area (Å²) in [6.07, 6.45) is 0. The van der Waals surface area contributed by atoms with Gasteiger partial charge in [-0.3, -0.25) is 0 Å². The highest BCUT2D eigenvalue weighted by atomic mass is 127. The molecule has 7 nitrogen and oxygen atoms in total. The average Bonchev–Trinajstić information content (AvgIpc) is 2.67. The number of esters is 2. The molecule has 0 spiro atoms. The van der Waals surface area contributed by atoms with E-state index in [-0.39, 0.29) is 28.9 Å². The maximum absolute atomic E-state index is 12.9. The van der Waals surface area contributed by atoms with Crippen molar-refractivity contribution in [1.82, 2.24) is 0 Å². The molecule has 0 N–H and O–H groups in total. The van der Waals surface area contributed by atoms with Crippen molar-refractivity contribution in [2.24, 2.45) is 0 Å². The molecule has 0 radical (unpaired) electrons. The fraction of sp³-hybridized carbons (Fsp3) is 0. The maximum atomic E-state index is 12.9. The van der Waals surface area contributed by atoms with Gasteiger partial charge in [-0.15, -0.1) is 0 Å². The smallest absolute Gasteiger partial charge is 0.345 e. The van der Waals surface area contributed by atoms with Gasteiger partial charge >= 0.3 is 11.9 Å². The number of ether oxygens (including phenoxy) is 2. The summed E-state index contributed by atoms with van der Waals surface area (Å²) in [5.74, 6) is -1.19. The first-order valence-electron chi connectivity index (χ1n) is 8.40. The Kier molecular flexibility index (Phi) is 8.78. The monoisotopic (exact) mass is 901 g/mol. The number of halogens is 4. The lowest BCUT2D eigenvalue weighted by molar-refractivity contribution is 0.0691. The zero-order chi connectivity index (χ0) is 23.6. The van der Waals surface area contributed by atoms with E-state index < -0.39 is 22.1 Å². The minimum atomic E-state index is -4.69. The van der Waals surface area contributed by atoms with Crippen molar-refractivity contribution in [3.63, 3.8) is 0 Å². The molecule has 3 aromatic carbocycles.